The molecular weight excluding hydrogens is 466 g/mol. The van der Waals surface area contributed by atoms with E-state index in [2.05, 4.69) is 20.6 Å². The summed E-state index contributed by atoms with van der Waals surface area (Å²) in [5, 5.41) is 16.2. The quantitative estimate of drug-likeness (QED) is 0.473. The van der Waals surface area contributed by atoms with Crippen molar-refractivity contribution in [2.45, 2.75) is 25.2 Å². The number of β-amino-alcohol motifs (C(OH)–C–C–N with tert-alkyl or cyclic N) is 1. The third-order valence-corrected chi connectivity index (χ3v) is 6.57. The van der Waals surface area contributed by atoms with Crippen LogP contribution in [-0.4, -0.2) is 71.5 Å². The number of fused-ring (bicyclic) bond motifs is 1. The van der Waals surface area contributed by atoms with Crippen LogP contribution in [0.25, 0.3) is 11.2 Å². The number of aryl methyl sites for hydroxylation is 1. The largest absolute Gasteiger partial charge is 0.461 e. The van der Waals surface area contributed by atoms with E-state index in [1.807, 2.05) is 16.7 Å². The zero-order valence-corrected chi connectivity index (χ0v) is 19.8. The van der Waals surface area contributed by atoms with E-state index < -0.39 is 17.7 Å². The maximum absolute atomic E-state index is 13.7. The number of carbonyl (C=O) groups is 1. The summed E-state index contributed by atoms with van der Waals surface area (Å²) < 4.78 is 17.3. The minimum absolute atomic E-state index is 0.403. The predicted molar refractivity (Wildman–Crippen MR) is 130 cm³/mol. The fourth-order valence-electron chi connectivity index (χ4n) is 4.70. The van der Waals surface area contributed by atoms with Crippen LogP contribution in [0.3, 0.4) is 0 Å². The number of hydrogen-bond acceptors (Lipinski definition) is 11. The number of oxazole rings is 1. The highest BCUT2D eigenvalue weighted by Gasteiger charge is 2.44. The lowest BCUT2D eigenvalue weighted by molar-refractivity contribution is -0.136. The lowest BCUT2D eigenvalue weighted by Gasteiger charge is -2.29. The molecule has 2 fully saturated rings. The van der Waals surface area contributed by atoms with Gasteiger partial charge in [-0.3, -0.25) is 9.78 Å². The Balaban J connectivity index is 1.38. The molecule has 3 N–H and O–H groups in total. The van der Waals surface area contributed by atoms with E-state index in [-0.39, 0.29) is 0 Å². The van der Waals surface area contributed by atoms with E-state index in [9.17, 15) is 9.90 Å². The van der Waals surface area contributed by atoms with Gasteiger partial charge in [0.15, 0.2) is 11.4 Å². The lowest BCUT2D eigenvalue weighted by atomic mass is 10.0. The maximum Gasteiger partial charge on any atom is 0.300 e. The van der Waals surface area contributed by atoms with Crippen LogP contribution >= 0.6 is 0 Å². The van der Waals surface area contributed by atoms with Crippen LogP contribution in [0.4, 0.5) is 17.5 Å². The molecule has 0 aromatic carbocycles. The molecule has 6 heterocycles. The maximum atomic E-state index is 13.7. The van der Waals surface area contributed by atoms with Crippen molar-refractivity contribution in [2.75, 3.05) is 54.5 Å². The fourth-order valence-corrected chi connectivity index (χ4v) is 4.70. The molecule has 0 radical (unpaired) electrons. The molecule has 2 unspecified atom stereocenters. The van der Waals surface area contributed by atoms with Crippen molar-refractivity contribution in [2.24, 2.45) is 0 Å². The molecule has 36 heavy (non-hydrogen) atoms. The van der Waals surface area contributed by atoms with Gasteiger partial charge < -0.3 is 39.4 Å². The number of anilines is 3. The molecular formula is C24H27N7O5. The van der Waals surface area contributed by atoms with Crippen molar-refractivity contribution in [3.63, 3.8) is 0 Å². The number of nitrogens with zero attached hydrogens (tertiary/aromatic N) is 5. The first-order valence-corrected chi connectivity index (χ1v) is 11.9. The van der Waals surface area contributed by atoms with Gasteiger partial charge in [0.1, 0.15) is 6.26 Å². The first-order chi connectivity index (χ1) is 17.5. The SMILES string of the molecule is Cc1cc(C2(C(=O)Nc3cc4oc(N5CCOCC5)nc4nc3N3CCC(O)C3)NC=CO2)ccn1. The average Bonchev–Trinajstić information content (AvgIpc) is 3.64. The van der Waals surface area contributed by atoms with Crippen molar-refractivity contribution in [3.8, 4) is 0 Å². The Morgan fingerprint density at radius 3 is 2.81 bits per heavy atom. The summed E-state index contributed by atoms with van der Waals surface area (Å²) in [7, 11) is 0. The number of carbonyl (C=O) groups excluding carboxylic acids is 1. The lowest BCUT2D eigenvalue weighted by Crippen LogP contribution is -2.49. The van der Waals surface area contributed by atoms with E-state index in [4.69, 9.17) is 18.9 Å². The monoisotopic (exact) mass is 493 g/mol. The third kappa shape index (κ3) is 3.97. The Morgan fingerprint density at radius 2 is 2.08 bits per heavy atom. The second kappa shape index (κ2) is 8.95. The van der Waals surface area contributed by atoms with E-state index in [1.54, 1.807) is 30.6 Å². The number of hydrogen-bond donors (Lipinski definition) is 3. The first-order valence-electron chi connectivity index (χ1n) is 11.9. The molecule has 2 saturated heterocycles. The van der Waals surface area contributed by atoms with Crippen LogP contribution in [0.1, 0.15) is 17.7 Å². The number of morpholine rings is 1. The summed E-state index contributed by atoms with van der Waals surface area (Å²) in [6, 6.07) is 5.72. The molecule has 0 aliphatic carbocycles. The zero-order valence-electron chi connectivity index (χ0n) is 19.8. The number of aliphatic hydroxyl groups is 1. The van der Waals surface area contributed by atoms with Crippen LogP contribution < -0.4 is 20.4 Å². The Morgan fingerprint density at radius 1 is 1.22 bits per heavy atom. The molecule has 0 spiro atoms. The fraction of sp³-hybridized carbons (Fsp3) is 0.417. The summed E-state index contributed by atoms with van der Waals surface area (Å²) in [6.45, 7) is 5.39. The number of amides is 1. The molecule has 2 atom stereocenters. The van der Waals surface area contributed by atoms with Gasteiger partial charge in [0.2, 0.25) is 5.65 Å². The van der Waals surface area contributed by atoms with E-state index >= 15 is 0 Å². The van der Waals surface area contributed by atoms with Gasteiger partial charge in [-0.1, -0.05) is 0 Å². The molecule has 3 aliphatic rings. The van der Waals surface area contributed by atoms with Crippen molar-refractivity contribution in [1.29, 1.82) is 0 Å². The van der Waals surface area contributed by atoms with E-state index in [1.165, 1.54) is 6.26 Å². The van der Waals surface area contributed by atoms with Crippen LogP contribution in [-0.2, 0) is 20.0 Å². The molecule has 0 saturated carbocycles. The van der Waals surface area contributed by atoms with Gasteiger partial charge in [-0.2, -0.15) is 4.98 Å². The molecule has 3 aromatic rings. The summed E-state index contributed by atoms with van der Waals surface area (Å²) in [6.07, 6.45) is 4.80. The summed E-state index contributed by atoms with van der Waals surface area (Å²) in [5.74, 6) is 0.0782. The molecule has 188 valence electrons. The smallest absolute Gasteiger partial charge is 0.300 e. The molecule has 12 nitrogen and oxygen atoms in total. The normalized spacial score (nSPS) is 23.7. The van der Waals surface area contributed by atoms with Gasteiger partial charge in [0.25, 0.3) is 17.6 Å². The number of rotatable bonds is 5. The molecule has 0 bridgehead atoms. The zero-order chi connectivity index (χ0) is 24.7. The highest BCUT2D eigenvalue weighted by molar-refractivity contribution is 6.01. The average molecular weight is 494 g/mol. The number of ether oxygens (including phenoxy) is 2. The van der Waals surface area contributed by atoms with Gasteiger partial charge in [0, 0.05) is 55.9 Å². The number of nitrogens with one attached hydrogen (secondary N) is 2. The Labute approximate surface area is 206 Å². The number of pyridine rings is 2. The highest BCUT2D eigenvalue weighted by Crippen LogP contribution is 2.35. The third-order valence-electron chi connectivity index (χ3n) is 6.57. The van der Waals surface area contributed by atoms with Crippen LogP contribution in [0.15, 0.2) is 41.3 Å². The molecule has 1 amide bonds. The predicted octanol–water partition coefficient (Wildman–Crippen LogP) is 1.22. The molecule has 12 heteroatoms. The highest BCUT2D eigenvalue weighted by atomic mass is 16.5. The minimum atomic E-state index is -1.47. The number of aliphatic hydroxyl groups excluding tert-OH is 1. The van der Waals surface area contributed by atoms with Crippen LogP contribution in [0.2, 0.25) is 0 Å². The molecule has 3 aromatic heterocycles. The van der Waals surface area contributed by atoms with Crippen LogP contribution in [0, 0.1) is 6.92 Å². The Hall–Kier alpha value is -3.90. The number of aromatic nitrogens is 3. The first kappa shape index (κ1) is 22.6. The summed E-state index contributed by atoms with van der Waals surface area (Å²) in [5.41, 5.74) is 1.21. The van der Waals surface area contributed by atoms with Gasteiger partial charge in [-0.05, 0) is 25.5 Å². The minimum Gasteiger partial charge on any atom is -0.461 e. The van der Waals surface area contributed by atoms with Gasteiger partial charge in [-0.15, -0.1) is 0 Å². The van der Waals surface area contributed by atoms with E-state index in [0.717, 1.165) is 5.69 Å². The second-order valence-electron chi connectivity index (χ2n) is 9.05. The Kier molecular flexibility index (Phi) is 5.61. The second-order valence-corrected chi connectivity index (χ2v) is 9.05. The van der Waals surface area contributed by atoms with Crippen LogP contribution in [0.5, 0.6) is 0 Å². The molecule has 6 rings (SSSR count). The Bertz CT molecular complexity index is 1310. The van der Waals surface area contributed by atoms with Gasteiger partial charge >= 0.3 is 0 Å². The van der Waals surface area contributed by atoms with Crippen molar-refractivity contribution in [1.82, 2.24) is 20.3 Å². The summed E-state index contributed by atoms with van der Waals surface area (Å²) >= 11 is 0. The standard InChI is InChI=1S/C24H27N7O5/c1-15-12-16(2-4-25-15)24(26-5-9-35-24)22(33)27-18-13-19-20(28-21(18)31-6-3-17(32)14-31)29-23(36-19)30-7-10-34-11-8-30/h2,4-5,9,12-13,17,26,32H,3,6-8,10-11,14H2,1H3,(H,27,33). The topological polar surface area (TPSA) is 138 Å². The van der Waals surface area contributed by atoms with Crippen molar-refractivity contribution >= 4 is 34.7 Å². The van der Waals surface area contributed by atoms with E-state index in [0.29, 0.717) is 80.1 Å². The van der Waals surface area contributed by atoms with Gasteiger partial charge in [-0.25, -0.2) is 4.98 Å². The van der Waals surface area contributed by atoms with Crippen molar-refractivity contribution < 1.29 is 23.8 Å². The van der Waals surface area contributed by atoms with Crippen molar-refractivity contribution in [3.05, 3.63) is 48.1 Å². The van der Waals surface area contributed by atoms with Gasteiger partial charge in [0.05, 0.1) is 25.0 Å². The summed E-state index contributed by atoms with van der Waals surface area (Å²) in [4.78, 5) is 31.3. The molecule has 3 aliphatic heterocycles.